The van der Waals surface area contributed by atoms with Crippen LogP contribution < -0.4 is 15.9 Å². The van der Waals surface area contributed by atoms with Crippen LogP contribution in [0.4, 0.5) is 5.13 Å². The number of nitrogens with two attached hydrogens (primary N) is 1. The Morgan fingerprint density at radius 1 is 1.42 bits per heavy atom. The average Bonchev–Trinajstić information content (AvgIpc) is 2.95. The summed E-state index contributed by atoms with van der Waals surface area (Å²) in [6, 6.07) is 7.52. The molecule has 24 heavy (non-hydrogen) atoms. The van der Waals surface area contributed by atoms with E-state index in [-0.39, 0.29) is 5.91 Å². The first kappa shape index (κ1) is 17.9. The van der Waals surface area contributed by atoms with Crippen LogP contribution in [0.3, 0.4) is 0 Å². The fourth-order valence-corrected chi connectivity index (χ4v) is 2.73. The largest absolute Gasteiger partial charge is 0.493 e. The third-order valence-electron chi connectivity index (χ3n) is 3.10. The van der Waals surface area contributed by atoms with Gasteiger partial charge in [-0.15, -0.1) is 0 Å². The maximum atomic E-state index is 12.1. The summed E-state index contributed by atoms with van der Waals surface area (Å²) in [5.74, 6) is 1.00. The highest BCUT2D eigenvalue weighted by molar-refractivity contribution is 7.17. The zero-order chi connectivity index (χ0) is 17.5. The number of anilines is 1. The highest BCUT2D eigenvalue weighted by atomic mass is 32.1. The van der Waals surface area contributed by atoms with E-state index >= 15 is 0 Å². The van der Waals surface area contributed by atoms with Gasteiger partial charge in [-0.05, 0) is 42.2 Å². The van der Waals surface area contributed by atoms with Crippen molar-refractivity contribution in [3.63, 3.8) is 0 Å². The van der Waals surface area contributed by atoms with E-state index in [9.17, 15) is 4.79 Å². The number of nitrogens with zero attached hydrogens (tertiary/aromatic N) is 2. The molecule has 0 bridgehead atoms. The average molecular weight is 346 g/mol. The van der Waals surface area contributed by atoms with Crippen molar-refractivity contribution in [3.8, 4) is 5.75 Å². The summed E-state index contributed by atoms with van der Waals surface area (Å²) < 4.78 is 5.62. The monoisotopic (exact) mass is 346 g/mol. The van der Waals surface area contributed by atoms with Gasteiger partial charge in [-0.1, -0.05) is 32.1 Å². The number of thiazole rings is 1. The molecule has 2 rings (SSSR count). The van der Waals surface area contributed by atoms with Gasteiger partial charge in [0.25, 0.3) is 5.91 Å². The number of aromatic nitrogens is 1. The molecule has 0 aliphatic carbocycles. The summed E-state index contributed by atoms with van der Waals surface area (Å²) in [7, 11) is 0. The first-order chi connectivity index (χ1) is 11.5. The van der Waals surface area contributed by atoms with Crippen LogP contribution in [0, 0.1) is 5.92 Å². The van der Waals surface area contributed by atoms with Crippen LogP contribution in [0.25, 0.3) is 0 Å². The molecule has 2 aromatic rings. The van der Waals surface area contributed by atoms with Crippen molar-refractivity contribution >= 4 is 28.6 Å². The fraction of sp³-hybridized carbons (Fsp3) is 0.353. The Balaban J connectivity index is 1.92. The minimum absolute atomic E-state index is 0.297. The van der Waals surface area contributed by atoms with Gasteiger partial charge in [0.05, 0.1) is 18.5 Å². The summed E-state index contributed by atoms with van der Waals surface area (Å²) >= 11 is 1.17. The Bertz CT molecular complexity index is 708. The van der Waals surface area contributed by atoms with E-state index in [4.69, 9.17) is 10.5 Å². The smallest absolute Gasteiger partial charge is 0.283 e. The van der Waals surface area contributed by atoms with Gasteiger partial charge >= 0.3 is 0 Å². The van der Waals surface area contributed by atoms with Crippen molar-refractivity contribution in [2.45, 2.75) is 27.2 Å². The van der Waals surface area contributed by atoms with E-state index in [0.29, 0.717) is 34.6 Å². The van der Waals surface area contributed by atoms with Crippen molar-refractivity contribution in [2.75, 3.05) is 12.3 Å². The summed E-state index contributed by atoms with van der Waals surface area (Å²) in [6.45, 7) is 6.81. The van der Waals surface area contributed by atoms with Gasteiger partial charge in [0.15, 0.2) is 5.13 Å². The number of carbonyl (C=O) groups is 1. The number of benzene rings is 1. The molecule has 0 saturated heterocycles. The predicted octanol–water partition coefficient (Wildman–Crippen LogP) is 3.09. The lowest BCUT2D eigenvalue weighted by atomic mass is 10.2. The molecule has 0 spiro atoms. The first-order valence-electron chi connectivity index (χ1n) is 7.81. The van der Waals surface area contributed by atoms with Crippen LogP contribution in [0.2, 0.25) is 0 Å². The number of rotatable bonds is 7. The molecule has 0 unspecified atom stereocenters. The van der Waals surface area contributed by atoms with E-state index < -0.39 is 0 Å². The molecule has 0 atom stereocenters. The Kier molecular flexibility index (Phi) is 6.31. The second-order valence-electron chi connectivity index (χ2n) is 5.65. The maximum absolute atomic E-state index is 12.1. The number of nitrogens with one attached hydrogen (secondary N) is 1. The van der Waals surface area contributed by atoms with Crippen LogP contribution in [0.1, 0.15) is 41.7 Å². The molecular weight excluding hydrogens is 324 g/mol. The van der Waals surface area contributed by atoms with Gasteiger partial charge in [0.2, 0.25) is 0 Å². The van der Waals surface area contributed by atoms with E-state index in [2.05, 4.69) is 29.4 Å². The molecule has 1 heterocycles. The molecule has 0 saturated carbocycles. The summed E-state index contributed by atoms with van der Waals surface area (Å²) in [6.07, 6.45) is 2.23. The standard InChI is InChI=1S/C17H22N4O2S/c1-4-14-15(24-17(18)20-14)16(22)21-19-9-12-5-7-13(8-6-12)23-10-11(2)3/h5-9,11H,4,10H2,1-3H3,(H2,18,20)(H,21,22)/b19-9-. The van der Waals surface area contributed by atoms with Crippen molar-refractivity contribution in [2.24, 2.45) is 11.0 Å². The van der Waals surface area contributed by atoms with Crippen molar-refractivity contribution < 1.29 is 9.53 Å². The normalized spacial score (nSPS) is 11.2. The number of amides is 1. The molecule has 0 fully saturated rings. The minimum atomic E-state index is -0.297. The number of hydrogen-bond donors (Lipinski definition) is 2. The quantitative estimate of drug-likeness (QED) is 0.595. The molecule has 1 aromatic heterocycles. The molecule has 3 N–H and O–H groups in total. The van der Waals surface area contributed by atoms with Gasteiger partial charge < -0.3 is 10.5 Å². The van der Waals surface area contributed by atoms with E-state index in [1.165, 1.54) is 11.3 Å². The zero-order valence-corrected chi connectivity index (χ0v) is 14.9. The second kappa shape index (κ2) is 8.44. The number of aryl methyl sites for hydroxylation is 1. The van der Waals surface area contributed by atoms with Crippen LogP contribution in [-0.2, 0) is 6.42 Å². The highest BCUT2D eigenvalue weighted by Gasteiger charge is 2.15. The Hall–Kier alpha value is -2.41. The van der Waals surface area contributed by atoms with E-state index in [0.717, 1.165) is 11.3 Å². The lowest BCUT2D eigenvalue weighted by molar-refractivity contribution is 0.0958. The van der Waals surface area contributed by atoms with Crippen LogP contribution >= 0.6 is 11.3 Å². The minimum Gasteiger partial charge on any atom is -0.493 e. The number of carbonyl (C=O) groups excluding carboxylic acids is 1. The molecule has 1 amide bonds. The van der Waals surface area contributed by atoms with E-state index in [1.807, 2.05) is 31.2 Å². The van der Waals surface area contributed by atoms with Gasteiger partial charge in [-0.25, -0.2) is 10.4 Å². The Labute approximate surface area is 145 Å². The third-order valence-corrected chi connectivity index (χ3v) is 4.02. The number of hydrazone groups is 1. The van der Waals surface area contributed by atoms with Gasteiger partial charge in [0.1, 0.15) is 10.6 Å². The van der Waals surface area contributed by atoms with Crippen LogP contribution in [-0.4, -0.2) is 23.7 Å². The topological polar surface area (TPSA) is 89.6 Å². The lowest BCUT2D eigenvalue weighted by Crippen LogP contribution is -2.17. The number of ether oxygens (including phenoxy) is 1. The van der Waals surface area contributed by atoms with Crippen LogP contribution in [0.5, 0.6) is 5.75 Å². The van der Waals surface area contributed by atoms with Crippen LogP contribution in [0.15, 0.2) is 29.4 Å². The van der Waals surface area contributed by atoms with Gasteiger partial charge in [-0.2, -0.15) is 5.10 Å². The molecule has 0 radical (unpaired) electrons. The third kappa shape index (κ3) is 5.06. The maximum Gasteiger partial charge on any atom is 0.283 e. The lowest BCUT2D eigenvalue weighted by Gasteiger charge is -2.08. The van der Waals surface area contributed by atoms with E-state index in [1.54, 1.807) is 6.21 Å². The Morgan fingerprint density at radius 2 is 2.12 bits per heavy atom. The van der Waals surface area contributed by atoms with Crippen molar-refractivity contribution in [1.82, 2.24) is 10.4 Å². The molecule has 128 valence electrons. The fourth-order valence-electron chi connectivity index (χ4n) is 1.92. The summed E-state index contributed by atoms with van der Waals surface area (Å²) in [5, 5.41) is 4.37. The van der Waals surface area contributed by atoms with Gasteiger partial charge in [-0.3, -0.25) is 4.79 Å². The molecule has 7 heteroatoms. The molecule has 0 aliphatic rings. The first-order valence-corrected chi connectivity index (χ1v) is 8.62. The molecular formula is C17H22N4O2S. The van der Waals surface area contributed by atoms with Crippen molar-refractivity contribution in [1.29, 1.82) is 0 Å². The number of hydrogen-bond acceptors (Lipinski definition) is 6. The number of nitrogen functional groups attached to an aromatic ring is 1. The zero-order valence-electron chi connectivity index (χ0n) is 14.1. The molecule has 6 nitrogen and oxygen atoms in total. The SMILES string of the molecule is CCc1nc(N)sc1C(=O)N/N=C\c1ccc(OCC(C)C)cc1. The van der Waals surface area contributed by atoms with Gasteiger partial charge in [0, 0.05) is 0 Å². The second-order valence-corrected chi connectivity index (χ2v) is 6.69. The Morgan fingerprint density at radius 3 is 2.75 bits per heavy atom. The molecule has 0 aliphatic heterocycles. The van der Waals surface area contributed by atoms with Crippen molar-refractivity contribution in [3.05, 3.63) is 40.4 Å². The summed E-state index contributed by atoms with van der Waals surface area (Å²) in [4.78, 5) is 16.7. The highest BCUT2D eigenvalue weighted by Crippen LogP contribution is 2.20. The summed E-state index contributed by atoms with van der Waals surface area (Å²) in [5.41, 5.74) is 9.71. The molecule has 1 aromatic carbocycles. The predicted molar refractivity (Wildman–Crippen MR) is 97.7 cm³/mol.